The monoisotopic (exact) mass is 384 g/mol. The summed E-state index contributed by atoms with van der Waals surface area (Å²) in [5.74, 6) is 0.950. The number of rotatable bonds is 4. The number of nitrogens with zero attached hydrogens (tertiary/aromatic N) is 1. The van der Waals surface area contributed by atoms with Gasteiger partial charge in [-0.1, -0.05) is 11.6 Å². The van der Waals surface area contributed by atoms with Crippen molar-refractivity contribution < 1.29 is 12.8 Å². The number of oxazole rings is 1. The van der Waals surface area contributed by atoms with E-state index in [1.165, 1.54) is 6.07 Å². The van der Waals surface area contributed by atoms with Crippen molar-refractivity contribution in [2.75, 3.05) is 0 Å². The summed E-state index contributed by atoms with van der Waals surface area (Å²) in [6, 6.07) is 0.838. The van der Waals surface area contributed by atoms with Gasteiger partial charge in [-0.15, -0.1) is 11.3 Å². The van der Waals surface area contributed by atoms with Gasteiger partial charge in [0.1, 0.15) is 9.97 Å². The first-order valence-electron chi connectivity index (χ1n) is 5.19. The molecule has 2 aromatic heterocycles. The molecule has 0 saturated carbocycles. The summed E-state index contributed by atoms with van der Waals surface area (Å²) in [6.45, 7) is 3.40. The second-order valence-electron chi connectivity index (χ2n) is 3.84. The van der Waals surface area contributed by atoms with Crippen LogP contribution < -0.4 is 4.72 Å². The van der Waals surface area contributed by atoms with Crippen LogP contribution in [0.5, 0.6) is 0 Å². The second-order valence-corrected chi connectivity index (χ2v) is 8.56. The Hall–Kier alpha value is -0.410. The Labute approximate surface area is 128 Å². The molecule has 0 bridgehead atoms. The van der Waals surface area contributed by atoms with Gasteiger partial charge in [-0.3, -0.25) is 0 Å². The van der Waals surface area contributed by atoms with E-state index < -0.39 is 16.1 Å². The summed E-state index contributed by atoms with van der Waals surface area (Å²) < 4.78 is 32.8. The molecule has 0 aliphatic heterocycles. The van der Waals surface area contributed by atoms with Gasteiger partial charge in [-0.25, -0.2) is 13.4 Å². The van der Waals surface area contributed by atoms with E-state index in [1.807, 2.05) is 0 Å². The van der Waals surface area contributed by atoms with Crippen LogP contribution in [0.15, 0.2) is 24.7 Å². The molecule has 104 valence electrons. The number of aromatic nitrogens is 1. The van der Waals surface area contributed by atoms with Crippen LogP contribution in [0.25, 0.3) is 0 Å². The minimum absolute atomic E-state index is 0.138. The number of aryl methyl sites for hydroxylation is 1. The highest BCUT2D eigenvalue weighted by Crippen LogP contribution is 2.34. The minimum Gasteiger partial charge on any atom is -0.444 e. The van der Waals surface area contributed by atoms with Crippen molar-refractivity contribution in [3.05, 3.63) is 32.7 Å². The van der Waals surface area contributed by atoms with Crippen molar-refractivity contribution >= 4 is 48.9 Å². The quantitative estimate of drug-likeness (QED) is 0.874. The minimum atomic E-state index is -3.65. The fourth-order valence-electron chi connectivity index (χ4n) is 1.37. The average molecular weight is 386 g/mol. The standard InChI is InChI=1S/C10H10BrClN2O3S2/c1-5-4-13-10(17-5)6(2)14-19(15,16)8-3-7(12)9(11)18-8/h3-4,6,14H,1-2H3. The predicted molar refractivity (Wildman–Crippen MR) is 77.0 cm³/mol. The molecule has 0 amide bonds. The van der Waals surface area contributed by atoms with E-state index in [0.29, 0.717) is 20.5 Å². The Morgan fingerprint density at radius 2 is 2.26 bits per heavy atom. The fraction of sp³-hybridized carbons (Fsp3) is 0.300. The van der Waals surface area contributed by atoms with E-state index in [0.717, 1.165) is 11.3 Å². The summed E-state index contributed by atoms with van der Waals surface area (Å²) in [4.78, 5) is 3.99. The molecule has 0 spiro atoms. The molecule has 5 nitrogen and oxygen atoms in total. The summed E-state index contributed by atoms with van der Waals surface area (Å²) in [5.41, 5.74) is 0. The number of thiophene rings is 1. The van der Waals surface area contributed by atoms with Crippen molar-refractivity contribution in [3.8, 4) is 0 Å². The van der Waals surface area contributed by atoms with Gasteiger partial charge in [0.2, 0.25) is 5.89 Å². The summed E-state index contributed by atoms with van der Waals surface area (Å²) >= 11 is 10.1. The summed E-state index contributed by atoms with van der Waals surface area (Å²) in [6.07, 6.45) is 1.54. The lowest BCUT2D eigenvalue weighted by Crippen LogP contribution is -2.26. The van der Waals surface area contributed by atoms with Gasteiger partial charge in [0, 0.05) is 0 Å². The summed E-state index contributed by atoms with van der Waals surface area (Å²) in [5, 5.41) is 0.366. The predicted octanol–water partition coefficient (Wildman–Crippen LogP) is 3.50. The maximum atomic E-state index is 12.1. The molecular formula is C10H10BrClN2O3S2. The molecule has 0 aromatic carbocycles. The van der Waals surface area contributed by atoms with Gasteiger partial charge in [-0.2, -0.15) is 4.72 Å². The lowest BCUT2D eigenvalue weighted by Gasteiger charge is -2.09. The third-order valence-corrected chi connectivity index (χ3v) is 6.72. The normalized spacial score (nSPS) is 13.7. The largest absolute Gasteiger partial charge is 0.444 e. The van der Waals surface area contributed by atoms with Crippen molar-refractivity contribution in [1.82, 2.24) is 9.71 Å². The first-order valence-corrected chi connectivity index (χ1v) is 8.66. The van der Waals surface area contributed by atoms with E-state index in [1.54, 1.807) is 20.0 Å². The molecule has 9 heteroatoms. The second kappa shape index (κ2) is 5.53. The SMILES string of the molecule is Cc1cnc(C(C)NS(=O)(=O)c2cc(Cl)c(Br)s2)o1. The lowest BCUT2D eigenvalue weighted by atomic mass is 10.4. The molecule has 0 fully saturated rings. The van der Waals surface area contributed by atoms with Crippen LogP contribution in [-0.4, -0.2) is 13.4 Å². The van der Waals surface area contributed by atoms with Gasteiger partial charge in [-0.05, 0) is 35.8 Å². The van der Waals surface area contributed by atoms with E-state index in [9.17, 15) is 8.42 Å². The zero-order chi connectivity index (χ0) is 14.2. The smallest absolute Gasteiger partial charge is 0.250 e. The van der Waals surface area contributed by atoms with Gasteiger partial charge in [0.05, 0.1) is 21.0 Å². The molecule has 0 saturated heterocycles. The third kappa shape index (κ3) is 3.38. The Balaban J connectivity index is 2.22. The number of nitrogens with one attached hydrogen (secondary N) is 1. The molecule has 1 N–H and O–H groups in total. The molecule has 0 aliphatic rings. The molecular weight excluding hydrogens is 376 g/mol. The lowest BCUT2D eigenvalue weighted by molar-refractivity contribution is 0.428. The topological polar surface area (TPSA) is 72.2 Å². The van der Waals surface area contributed by atoms with Gasteiger partial charge in [0.25, 0.3) is 10.0 Å². The fourth-order valence-corrected chi connectivity index (χ4v) is 4.98. The van der Waals surface area contributed by atoms with Gasteiger partial charge >= 0.3 is 0 Å². The van der Waals surface area contributed by atoms with Crippen molar-refractivity contribution in [1.29, 1.82) is 0 Å². The Kier molecular flexibility index (Phi) is 4.36. The van der Waals surface area contributed by atoms with Crippen LogP contribution >= 0.6 is 38.9 Å². The van der Waals surface area contributed by atoms with E-state index in [-0.39, 0.29) is 4.21 Å². The molecule has 2 heterocycles. The highest BCUT2D eigenvalue weighted by atomic mass is 79.9. The van der Waals surface area contributed by atoms with Crippen LogP contribution in [0.1, 0.15) is 24.6 Å². The van der Waals surface area contributed by atoms with E-state index in [2.05, 4.69) is 25.6 Å². The number of hydrogen-bond donors (Lipinski definition) is 1. The van der Waals surface area contributed by atoms with Crippen molar-refractivity contribution in [2.45, 2.75) is 24.1 Å². The number of hydrogen-bond acceptors (Lipinski definition) is 5. The number of halogens is 2. The van der Waals surface area contributed by atoms with Gasteiger partial charge < -0.3 is 4.42 Å². The van der Waals surface area contributed by atoms with Crippen LogP contribution in [-0.2, 0) is 10.0 Å². The van der Waals surface area contributed by atoms with E-state index in [4.69, 9.17) is 16.0 Å². The first-order chi connectivity index (χ1) is 8.79. The van der Waals surface area contributed by atoms with Crippen LogP contribution in [0, 0.1) is 6.92 Å². The van der Waals surface area contributed by atoms with E-state index >= 15 is 0 Å². The molecule has 0 radical (unpaired) electrons. The maximum absolute atomic E-state index is 12.1. The van der Waals surface area contributed by atoms with Crippen LogP contribution in [0.4, 0.5) is 0 Å². The van der Waals surface area contributed by atoms with Crippen molar-refractivity contribution in [3.63, 3.8) is 0 Å². The Morgan fingerprint density at radius 1 is 1.58 bits per heavy atom. The first kappa shape index (κ1) is 15.0. The van der Waals surface area contributed by atoms with Crippen LogP contribution in [0.3, 0.4) is 0 Å². The molecule has 0 aliphatic carbocycles. The molecule has 1 atom stereocenters. The molecule has 19 heavy (non-hydrogen) atoms. The highest BCUT2D eigenvalue weighted by molar-refractivity contribution is 9.11. The molecule has 2 aromatic rings. The van der Waals surface area contributed by atoms with Gasteiger partial charge in [0.15, 0.2) is 0 Å². The Bertz CT molecular complexity index is 676. The third-order valence-electron chi connectivity index (χ3n) is 2.23. The zero-order valence-corrected chi connectivity index (χ0v) is 14.0. The highest BCUT2D eigenvalue weighted by Gasteiger charge is 2.23. The Morgan fingerprint density at radius 3 is 2.74 bits per heavy atom. The maximum Gasteiger partial charge on any atom is 0.250 e. The zero-order valence-electron chi connectivity index (χ0n) is 9.98. The average Bonchev–Trinajstić information content (AvgIpc) is 2.86. The number of sulfonamides is 1. The molecule has 2 rings (SSSR count). The van der Waals surface area contributed by atoms with Crippen LogP contribution in [0.2, 0.25) is 5.02 Å². The summed E-state index contributed by atoms with van der Waals surface area (Å²) in [7, 11) is -3.65. The molecule has 1 unspecified atom stereocenters. The van der Waals surface area contributed by atoms with Crippen molar-refractivity contribution in [2.24, 2.45) is 0 Å².